The van der Waals surface area contributed by atoms with Crippen molar-refractivity contribution in [2.75, 3.05) is 11.9 Å². The van der Waals surface area contributed by atoms with Crippen molar-refractivity contribution in [3.63, 3.8) is 0 Å². The molecule has 0 bridgehead atoms. The maximum absolute atomic E-state index is 10.4. The molecule has 0 aliphatic carbocycles. The smallest absolute Gasteiger partial charge is 0.181 e. The van der Waals surface area contributed by atoms with Crippen LogP contribution in [-0.4, -0.2) is 54.8 Å². The second-order valence-electron chi connectivity index (χ2n) is 6.72. The predicted molar refractivity (Wildman–Crippen MR) is 101 cm³/mol. The monoisotopic (exact) mass is 369 g/mol. The fourth-order valence-corrected chi connectivity index (χ4v) is 3.36. The highest BCUT2D eigenvalue weighted by molar-refractivity contribution is 5.99. The number of hydrogen-bond acceptors (Lipinski definition) is 7. The van der Waals surface area contributed by atoms with Gasteiger partial charge in [-0.25, -0.2) is 14.6 Å². The van der Waals surface area contributed by atoms with Crippen LogP contribution >= 0.6 is 0 Å². The molecule has 4 rings (SSSR count). The van der Waals surface area contributed by atoms with E-state index in [1.807, 2.05) is 30.3 Å². The molecule has 3 heterocycles. The van der Waals surface area contributed by atoms with Gasteiger partial charge in [0.05, 0.1) is 11.5 Å². The summed E-state index contributed by atoms with van der Waals surface area (Å²) in [5.74, 6) is 0.688. The average molecular weight is 369 g/mol. The van der Waals surface area contributed by atoms with Crippen LogP contribution in [0.25, 0.3) is 22.3 Å². The minimum Gasteiger partial charge on any atom is -0.388 e. The molecule has 1 fully saturated rings. The van der Waals surface area contributed by atoms with Crippen LogP contribution in [0.5, 0.6) is 0 Å². The first-order chi connectivity index (χ1) is 13.1. The first-order valence-electron chi connectivity index (χ1n) is 9.16. The molecule has 142 valence electrons. The number of aliphatic hydroxyl groups is 2. The van der Waals surface area contributed by atoms with Gasteiger partial charge >= 0.3 is 0 Å². The molecular weight excluding hydrogens is 346 g/mol. The van der Waals surface area contributed by atoms with Crippen molar-refractivity contribution < 1.29 is 14.9 Å². The Labute approximate surface area is 156 Å². The van der Waals surface area contributed by atoms with E-state index in [1.54, 1.807) is 11.6 Å². The molecular formula is C19H23N5O3. The fourth-order valence-electron chi connectivity index (χ4n) is 3.36. The lowest BCUT2D eigenvalue weighted by Gasteiger charge is -2.15. The molecule has 0 saturated carbocycles. The van der Waals surface area contributed by atoms with Crippen LogP contribution in [-0.2, 0) is 4.74 Å². The molecule has 1 saturated heterocycles. The van der Waals surface area contributed by atoms with Crippen LogP contribution in [0.2, 0.25) is 0 Å². The van der Waals surface area contributed by atoms with Crippen molar-refractivity contribution in [3.05, 3.63) is 36.7 Å². The van der Waals surface area contributed by atoms with Crippen LogP contribution in [0.4, 0.5) is 5.82 Å². The molecule has 1 aliphatic rings. The van der Waals surface area contributed by atoms with Crippen molar-refractivity contribution in [2.45, 2.75) is 44.8 Å². The second kappa shape index (κ2) is 7.22. The van der Waals surface area contributed by atoms with Gasteiger partial charge in [-0.1, -0.05) is 37.3 Å². The summed E-state index contributed by atoms with van der Waals surface area (Å²) in [7, 11) is 0. The lowest BCUT2D eigenvalue weighted by atomic mass is 10.1. The Morgan fingerprint density at radius 3 is 2.59 bits per heavy atom. The Morgan fingerprint density at radius 2 is 1.93 bits per heavy atom. The minimum atomic E-state index is -1.09. The second-order valence-corrected chi connectivity index (χ2v) is 6.72. The van der Waals surface area contributed by atoms with E-state index < -0.39 is 24.5 Å². The summed E-state index contributed by atoms with van der Waals surface area (Å²) in [6, 6.07) is 9.75. The summed E-state index contributed by atoms with van der Waals surface area (Å²) in [4.78, 5) is 8.79. The summed E-state index contributed by atoms with van der Waals surface area (Å²) in [5, 5.41) is 29.3. The molecule has 0 amide bonds. The quantitative estimate of drug-likeness (QED) is 0.631. The van der Waals surface area contributed by atoms with Crippen molar-refractivity contribution in [1.29, 1.82) is 0 Å². The predicted octanol–water partition coefficient (Wildman–Crippen LogP) is 1.95. The molecule has 4 atom stereocenters. The van der Waals surface area contributed by atoms with Gasteiger partial charge in [-0.3, -0.25) is 0 Å². The first kappa shape index (κ1) is 17.8. The topological polar surface area (TPSA) is 105 Å². The number of ether oxygens (including phenoxy) is 1. The number of nitrogens with zero attached hydrogens (tertiary/aromatic N) is 4. The summed E-state index contributed by atoms with van der Waals surface area (Å²) in [6.45, 7) is 4.57. The zero-order valence-electron chi connectivity index (χ0n) is 15.3. The SMILES string of the molecule is CCCNc1ncnc2c1c(-c1ccccc1)nn2[C@@H]1O[C@H](C)[C@@H](O)[C@H]1O. The van der Waals surface area contributed by atoms with E-state index in [0.29, 0.717) is 17.2 Å². The van der Waals surface area contributed by atoms with Gasteiger partial charge in [0.2, 0.25) is 0 Å². The van der Waals surface area contributed by atoms with Gasteiger partial charge < -0.3 is 20.3 Å². The normalized spacial score (nSPS) is 25.2. The molecule has 3 aromatic rings. The number of nitrogens with one attached hydrogen (secondary N) is 1. The number of benzene rings is 1. The van der Waals surface area contributed by atoms with Crippen LogP contribution in [0, 0.1) is 0 Å². The van der Waals surface area contributed by atoms with Crippen molar-refractivity contribution >= 4 is 16.9 Å². The van der Waals surface area contributed by atoms with Crippen LogP contribution in [0.3, 0.4) is 0 Å². The molecule has 0 radical (unpaired) electrons. The van der Waals surface area contributed by atoms with E-state index >= 15 is 0 Å². The molecule has 1 aromatic carbocycles. The Kier molecular flexibility index (Phi) is 4.77. The lowest BCUT2D eigenvalue weighted by Crippen LogP contribution is -2.30. The molecule has 8 nitrogen and oxygen atoms in total. The first-order valence-corrected chi connectivity index (χ1v) is 9.16. The number of fused-ring (bicyclic) bond motifs is 1. The third-order valence-corrected chi connectivity index (χ3v) is 4.80. The maximum Gasteiger partial charge on any atom is 0.181 e. The summed E-state index contributed by atoms with van der Waals surface area (Å²) in [5.41, 5.74) is 2.17. The number of anilines is 1. The third kappa shape index (κ3) is 3.05. The minimum absolute atomic E-state index is 0.496. The van der Waals surface area contributed by atoms with Crippen LogP contribution < -0.4 is 5.32 Å². The zero-order chi connectivity index (χ0) is 19.0. The zero-order valence-corrected chi connectivity index (χ0v) is 15.3. The van der Waals surface area contributed by atoms with Crippen molar-refractivity contribution in [2.24, 2.45) is 0 Å². The third-order valence-electron chi connectivity index (χ3n) is 4.80. The molecule has 0 spiro atoms. The summed E-state index contributed by atoms with van der Waals surface area (Å²) in [6.07, 6.45) is -0.960. The standard InChI is InChI=1S/C19H23N5O3/c1-3-9-20-17-13-14(12-7-5-4-6-8-12)23-24(18(13)22-10-21-17)19-16(26)15(25)11(2)27-19/h4-8,10-11,15-16,19,25-26H,3,9H2,1-2H3,(H,20,21,22)/t11-,15-,16-,19-/m1/s1. The Morgan fingerprint density at radius 1 is 1.15 bits per heavy atom. The Bertz CT molecular complexity index is 930. The van der Waals surface area contributed by atoms with Gasteiger partial charge in [-0.2, -0.15) is 5.10 Å². The summed E-state index contributed by atoms with van der Waals surface area (Å²) < 4.78 is 7.32. The number of hydrogen-bond donors (Lipinski definition) is 3. The molecule has 3 N–H and O–H groups in total. The van der Waals surface area contributed by atoms with Gasteiger partial charge in [0.1, 0.15) is 30.0 Å². The molecule has 0 unspecified atom stereocenters. The van der Waals surface area contributed by atoms with Gasteiger partial charge in [0, 0.05) is 12.1 Å². The molecule has 8 heteroatoms. The van der Waals surface area contributed by atoms with Crippen LogP contribution in [0.15, 0.2) is 36.7 Å². The molecule has 27 heavy (non-hydrogen) atoms. The molecule has 2 aromatic heterocycles. The van der Waals surface area contributed by atoms with Crippen molar-refractivity contribution in [3.8, 4) is 11.3 Å². The van der Waals surface area contributed by atoms with E-state index in [4.69, 9.17) is 9.84 Å². The van der Waals surface area contributed by atoms with E-state index in [-0.39, 0.29) is 0 Å². The van der Waals surface area contributed by atoms with Gasteiger partial charge in [0.15, 0.2) is 11.9 Å². The summed E-state index contributed by atoms with van der Waals surface area (Å²) >= 11 is 0. The Balaban J connectivity index is 1.91. The number of aromatic nitrogens is 4. The van der Waals surface area contributed by atoms with Gasteiger partial charge in [0.25, 0.3) is 0 Å². The van der Waals surface area contributed by atoms with Crippen molar-refractivity contribution in [1.82, 2.24) is 19.7 Å². The average Bonchev–Trinajstić information content (AvgIpc) is 3.20. The van der Waals surface area contributed by atoms with Gasteiger partial charge in [-0.15, -0.1) is 0 Å². The number of aliphatic hydroxyl groups excluding tert-OH is 2. The molecule has 1 aliphatic heterocycles. The fraction of sp³-hybridized carbons (Fsp3) is 0.421. The Hall–Kier alpha value is -2.55. The lowest BCUT2D eigenvalue weighted by molar-refractivity contribution is -0.0370. The number of rotatable bonds is 5. The van der Waals surface area contributed by atoms with E-state index in [0.717, 1.165) is 23.9 Å². The largest absolute Gasteiger partial charge is 0.388 e. The highest BCUT2D eigenvalue weighted by Gasteiger charge is 2.43. The van der Waals surface area contributed by atoms with Gasteiger partial charge in [-0.05, 0) is 13.3 Å². The highest BCUT2D eigenvalue weighted by Crippen LogP contribution is 2.36. The van der Waals surface area contributed by atoms with Crippen LogP contribution in [0.1, 0.15) is 26.5 Å². The van der Waals surface area contributed by atoms with E-state index in [1.165, 1.54) is 6.33 Å². The maximum atomic E-state index is 10.4. The highest BCUT2D eigenvalue weighted by atomic mass is 16.6. The van der Waals surface area contributed by atoms with E-state index in [2.05, 4.69) is 22.2 Å². The van der Waals surface area contributed by atoms with E-state index in [9.17, 15) is 10.2 Å².